The number of aromatic nitrogens is 3. The molecule has 1 amide bonds. The summed E-state index contributed by atoms with van der Waals surface area (Å²) < 4.78 is 4.72. The Hall–Kier alpha value is -1.92. The fourth-order valence-corrected chi connectivity index (χ4v) is 1.76. The summed E-state index contributed by atoms with van der Waals surface area (Å²) in [7, 11) is 1.48. The van der Waals surface area contributed by atoms with Crippen molar-refractivity contribution in [1.29, 1.82) is 0 Å². The van der Waals surface area contributed by atoms with E-state index in [9.17, 15) is 4.79 Å². The summed E-state index contributed by atoms with van der Waals surface area (Å²) >= 11 is 5.83. The summed E-state index contributed by atoms with van der Waals surface area (Å²) in [6.07, 6.45) is 0.579. The van der Waals surface area contributed by atoms with Gasteiger partial charge < -0.3 is 10.1 Å². The molecule has 2 aromatic rings. The number of nitrogens with zero attached hydrogens (tertiary/aromatic N) is 2. The van der Waals surface area contributed by atoms with Crippen molar-refractivity contribution in [2.45, 2.75) is 6.42 Å². The number of halogens is 1. The SMILES string of the molecule is COCC(=O)NCCc1nc(-c2ccc(Cl)cc2)n[nH]1. The number of H-pyrrole nitrogens is 1. The van der Waals surface area contributed by atoms with Crippen LogP contribution in [0, 0.1) is 0 Å². The molecule has 7 heteroatoms. The third-order valence-electron chi connectivity index (χ3n) is 2.59. The number of hydrogen-bond acceptors (Lipinski definition) is 4. The average Bonchev–Trinajstić information content (AvgIpc) is 2.89. The first-order valence-corrected chi connectivity index (χ1v) is 6.49. The highest BCUT2D eigenvalue weighted by atomic mass is 35.5. The first kappa shape index (κ1) is 14.5. The van der Waals surface area contributed by atoms with E-state index in [1.165, 1.54) is 7.11 Å². The predicted octanol–water partition coefficient (Wildman–Crippen LogP) is 1.43. The van der Waals surface area contributed by atoms with Crippen LogP contribution in [-0.2, 0) is 16.0 Å². The van der Waals surface area contributed by atoms with Crippen molar-refractivity contribution in [3.8, 4) is 11.4 Å². The quantitative estimate of drug-likeness (QED) is 0.844. The second-order valence-corrected chi connectivity index (χ2v) is 4.58. The van der Waals surface area contributed by atoms with Crippen LogP contribution in [0.5, 0.6) is 0 Å². The normalized spacial score (nSPS) is 10.5. The number of nitrogens with one attached hydrogen (secondary N) is 2. The number of carbonyl (C=O) groups is 1. The fourth-order valence-electron chi connectivity index (χ4n) is 1.64. The first-order valence-electron chi connectivity index (χ1n) is 6.12. The van der Waals surface area contributed by atoms with Gasteiger partial charge in [-0.15, -0.1) is 0 Å². The van der Waals surface area contributed by atoms with Crippen LogP contribution in [0.1, 0.15) is 5.82 Å². The molecule has 106 valence electrons. The maximum atomic E-state index is 11.2. The van der Waals surface area contributed by atoms with E-state index < -0.39 is 0 Å². The largest absolute Gasteiger partial charge is 0.375 e. The average molecular weight is 295 g/mol. The van der Waals surface area contributed by atoms with Gasteiger partial charge in [0.2, 0.25) is 5.91 Å². The molecule has 20 heavy (non-hydrogen) atoms. The fraction of sp³-hybridized carbons (Fsp3) is 0.308. The van der Waals surface area contributed by atoms with Crippen molar-refractivity contribution in [3.05, 3.63) is 35.1 Å². The van der Waals surface area contributed by atoms with Gasteiger partial charge >= 0.3 is 0 Å². The van der Waals surface area contributed by atoms with E-state index in [0.29, 0.717) is 29.6 Å². The van der Waals surface area contributed by atoms with Crippen LogP contribution in [-0.4, -0.2) is 41.3 Å². The van der Waals surface area contributed by atoms with E-state index in [1.807, 2.05) is 12.1 Å². The Labute approximate surface area is 121 Å². The monoisotopic (exact) mass is 294 g/mol. The van der Waals surface area contributed by atoms with Crippen LogP contribution >= 0.6 is 11.6 Å². The van der Waals surface area contributed by atoms with Gasteiger partial charge in [0.15, 0.2) is 5.82 Å². The molecule has 0 aliphatic rings. The highest BCUT2D eigenvalue weighted by Gasteiger charge is 2.06. The first-order chi connectivity index (χ1) is 9.69. The number of rotatable bonds is 6. The van der Waals surface area contributed by atoms with Gasteiger partial charge in [-0.1, -0.05) is 11.6 Å². The molecule has 0 radical (unpaired) electrons. The van der Waals surface area contributed by atoms with Gasteiger partial charge in [0.05, 0.1) is 0 Å². The molecule has 0 saturated carbocycles. The third-order valence-corrected chi connectivity index (χ3v) is 2.85. The number of ether oxygens (including phenoxy) is 1. The van der Waals surface area contributed by atoms with Crippen molar-refractivity contribution in [1.82, 2.24) is 20.5 Å². The minimum atomic E-state index is -0.148. The van der Waals surface area contributed by atoms with E-state index in [-0.39, 0.29) is 12.5 Å². The van der Waals surface area contributed by atoms with Crippen molar-refractivity contribution in [2.75, 3.05) is 20.3 Å². The van der Waals surface area contributed by atoms with Gasteiger partial charge in [-0.05, 0) is 24.3 Å². The molecule has 1 aromatic heterocycles. The lowest BCUT2D eigenvalue weighted by Crippen LogP contribution is -2.29. The molecule has 2 N–H and O–H groups in total. The number of carbonyl (C=O) groups excluding carboxylic acids is 1. The second kappa shape index (κ2) is 7.02. The molecule has 6 nitrogen and oxygen atoms in total. The molecule has 1 heterocycles. The van der Waals surface area contributed by atoms with E-state index in [4.69, 9.17) is 16.3 Å². The van der Waals surface area contributed by atoms with Crippen LogP contribution in [0.25, 0.3) is 11.4 Å². The predicted molar refractivity (Wildman–Crippen MR) is 75.4 cm³/mol. The van der Waals surface area contributed by atoms with Crippen LogP contribution in [0.3, 0.4) is 0 Å². The Morgan fingerprint density at radius 3 is 2.85 bits per heavy atom. The Balaban J connectivity index is 1.89. The maximum Gasteiger partial charge on any atom is 0.245 e. The Bertz CT molecular complexity index is 568. The zero-order chi connectivity index (χ0) is 14.4. The van der Waals surface area contributed by atoms with Gasteiger partial charge in [-0.2, -0.15) is 5.10 Å². The zero-order valence-electron chi connectivity index (χ0n) is 11.0. The molecule has 0 atom stereocenters. The summed E-state index contributed by atoms with van der Waals surface area (Å²) in [5, 5.41) is 10.4. The van der Waals surface area contributed by atoms with Crippen molar-refractivity contribution in [3.63, 3.8) is 0 Å². The molecule has 2 rings (SSSR count). The number of amides is 1. The highest BCUT2D eigenvalue weighted by Crippen LogP contribution is 2.17. The van der Waals surface area contributed by atoms with E-state index in [1.54, 1.807) is 12.1 Å². The molecular formula is C13H15ClN4O2. The molecular weight excluding hydrogens is 280 g/mol. The van der Waals surface area contributed by atoms with Crippen molar-refractivity contribution in [2.24, 2.45) is 0 Å². The lowest BCUT2D eigenvalue weighted by molar-refractivity contribution is -0.124. The molecule has 0 unspecified atom stereocenters. The van der Waals surface area contributed by atoms with E-state index in [0.717, 1.165) is 5.56 Å². The minimum Gasteiger partial charge on any atom is -0.375 e. The van der Waals surface area contributed by atoms with E-state index >= 15 is 0 Å². The third kappa shape index (κ3) is 4.04. The van der Waals surface area contributed by atoms with Gasteiger partial charge in [-0.3, -0.25) is 9.89 Å². The standard InChI is InChI=1S/C13H15ClN4O2/c1-20-8-12(19)15-7-6-11-16-13(18-17-11)9-2-4-10(14)5-3-9/h2-5H,6-8H2,1H3,(H,15,19)(H,16,17,18). The lowest BCUT2D eigenvalue weighted by Gasteiger charge is -2.01. The molecule has 0 fully saturated rings. The lowest BCUT2D eigenvalue weighted by atomic mass is 10.2. The zero-order valence-corrected chi connectivity index (χ0v) is 11.8. The van der Waals surface area contributed by atoms with Crippen LogP contribution < -0.4 is 5.32 Å². The summed E-state index contributed by atoms with van der Waals surface area (Å²) in [4.78, 5) is 15.6. The van der Waals surface area contributed by atoms with Crippen LogP contribution in [0.4, 0.5) is 0 Å². The summed E-state index contributed by atoms with van der Waals surface area (Å²) in [5.41, 5.74) is 0.889. The van der Waals surface area contributed by atoms with Gasteiger partial charge in [0, 0.05) is 30.7 Å². The Morgan fingerprint density at radius 2 is 2.15 bits per heavy atom. The maximum absolute atomic E-state index is 11.2. The Kier molecular flexibility index (Phi) is 5.09. The smallest absolute Gasteiger partial charge is 0.245 e. The van der Waals surface area contributed by atoms with Crippen LogP contribution in [0.2, 0.25) is 5.02 Å². The number of hydrogen-bond donors (Lipinski definition) is 2. The number of methoxy groups -OCH3 is 1. The van der Waals surface area contributed by atoms with Gasteiger partial charge in [0.1, 0.15) is 12.4 Å². The van der Waals surface area contributed by atoms with Crippen molar-refractivity contribution < 1.29 is 9.53 Å². The van der Waals surface area contributed by atoms with Gasteiger partial charge in [0.25, 0.3) is 0 Å². The summed E-state index contributed by atoms with van der Waals surface area (Å²) in [6, 6.07) is 7.29. The molecule has 0 aliphatic heterocycles. The summed E-state index contributed by atoms with van der Waals surface area (Å²) in [6.45, 7) is 0.546. The molecule has 1 aromatic carbocycles. The number of benzene rings is 1. The van der Waals surface area contributed by atoms with Crippen LogP contribution in [0.15, 0.2) is 24.3 Å². The van der Waals surface area contributed by atoms with Crippen molar-refractivity contribution >= 4 is 17.5 Å². The molecule has 0 aliphatic carbocycles. The topological polar surface area (TPSA) is 79.9 Å². The number of aromatic amines is 1. The minimum absolute atomic E-state index is 0.0619. The van der Waals surface area contributed by atoms with E-state index in [2.05, 4.69) is 20.5 Å². The second-order valence-electron chi connectivity index (χ2n) is 4.15. The molecule has 0 bridgehead atoms. The Morgan fingerprint density at radius 1 is 1.40 bits per heavy atom. The van der Waals surface area contributed by atoms with Gasteiger partial charge in [-0.25, -0.2) is 4.98 Å². The molecule has 0 spiro atoms. The summed E-state index contributed by atoms with van der Waals surface area (Å²) in [5.74, 6) is 1.18. The molecule has 0 saturated heterocycles. The highest BCUT2D eigenvalue weighted by molar-refractivity contribution is 6.30.